The molecule has 2 aliphatic heterocycles. The summed E-state index contributed by atoms with van der Waals surface area (Å²) in [5, 5.41) is 9.75. The van der Waals surface area contributed by atoms with E-state index in [1.165, 1.54) is 18.2 Å². The van der Waals surface area contributed by atoms with Crippen LogP contribution in [0, 0.1) is 12.8 Å². The minimum absolute atomic E-state index is 0.0826. The zero-order valence-corrected chi connectivity index (χ0v) is 25.5. The third kappa shape index (κ3) is 7.05. The van der Waals surface area contributed by atoms with Crippen LogP contribution < -0.4 is 15.4 Å². The lowest BCUT2D eigenvalue weighted by Crippen LogP contribution is -2.53. The van der Waals surface area contributed by atoms with Crippen LogP contribution in [0.15, 0.2) is 40.9 Å². The van der Waals surface area contributed by atoms with Gasteiger partial charge in [0.1, 0.15) is 5.75 Å². The lowest BCUT2D eigenvalue weighted by molar-refractivity contribution is -0.274. The van der Waals surface area contributed by atoms with Gasteiger partial charge in [-0.1, -0.05) is 29.4 Å². The van der Waals surface area contributed by atoms with Crippen LogP contribution in [-0.2, 0) is 24.3 Å². The predicted molar refractivity (Wildman–Crippen MR) is 159 cm³/mol. The normalized spacial score (nSPS) is 24.5. The van der Waals surface area contributed by atoms with E-state index >= 15 is 0 Å². The number of nitrogens with one attached hydrogen (secondary N) is 2. The Balaban J connectivity index is 1.24. The van der Waals surface area contributed by atoms with Crippen LogP contribution in [0.4, 0.5) is 18.0 Å². The van der Waals surface area contributed by atoms with Gasteiger partial charge in [0, 0.05) is 25.4 Å². The number of ether oxygens (including phenoxy) is 1. The molecule has 1 aliphatic carbocycles. The fourth-order valence-corrected chi connectivity index (χ4v) is 8.38. The first-order valence-corrected chi connectivity index (χ1v) is 16.5. The molecule has 2 fully saturated rings. The number of urea groups is 1. The zero-order valence-electron chi connectivity index (χ0n) is 24.7. The monoisotopic (exact) mass is 649 g/mol. The SMILES string of the molecule is Cc1noc([C@@H]2C[C@@H]2C(=O)NCc2ccc(-c3cccc(OC(F)(F)F)c3)c3c2CN(C(=O)NC2(C)CCS(O)(O)C2)CC3)n1. The number of nitrogens with zero attached hydrogens (tertiary/aromatic N) is 3. The smallest absolute Gasteiger partial charge is 0.406 e. The maximum atomic E-state index is 13.4. The minimum Gasteiger partial charge on any atom is -0.406 e. The lowest BCUT2D eigenvalue weighted by atomic mass is 9.87. The van der Waals surface area contributed by atoms with E-state index in [9.17, 15) is 31.9 Å². The van der Waals surface area contributed by atoms with E-state index in [0.717, 1.165) is 16.7 Å². The molecule has 1 aromatic heterocycles. The highest BCUT2D eigenvalue weighted by atomic mass is 32.3. The number of hydrogen-bond acceptors (Lipinski definition) is 8. The molecule has 0 radical (unpaired) electrons. The molecule has 45 heavy (non-hydrogen) atoms. The molecule has 1 saturated heterocycles. The molecular weight excluding hydrogens is 615 g/mol. The summed E-state index contributed by atoms with van der Waals surface area (Å²) >= 11 is 0. The average Bonchev–Trinajstić information content (AvgIpc) is 3.57. The summed E-state index contributed by atoms with van der Waals surface area (Å²) in [5.41, 5.74) is 2.90. The summed E-state index contributed by atoms with van der Waals surface area (Å²) in [6.07, 6.45) is -3.38. The number of carbonyl (C=O) groups excluding carboxylic acids is 2. The van der Waals surface area contributed by atoms with Crippen molar-refractivity contribution in [2.24, 2.45) is 5.92 Å². The third-order valence-corrected chi connectivity index (χ3v) is 10.5. The largest absolute Gasteiger partial charge is 0.573 e. The Bertz CT molecular complexity index is 1630. The Morgan fingerprint density at radius 3 is 2.71 bits per heavy atom. The number of aryl methyl sites for hydroxylation is 1. The molecule has 6 rings (SSSR count). The highest BCUT2D eigenvalue weighted by molar-refractivity contribution is 8.24. The maximum Gasteiger partial charge on any atom is 0.573 e. The first-order chi connectivity index (χ1) is 21.2. The first kappa shape index (κ1) is 31.2. The second-order valence-electron chi connectivity index (χ2n) is 12.2. The van der Waals surface area contributed by atoms with Gasteiger partial charge in [-0.3, -0.25) is 13.9 Å². The summed E-state index contributed by atoms with van der Waals surface area (Å²) in [7, 11) is -2.74. The van der Waals surface area contributed by atoms with E-state index in [0.29, 0.717) is 48.6 Å². The number of fused-ring (bicyclic) bond motifs is 1. The van der Waals surface area contributed by atoms with Gasteiger partial charge in [-0.15, -0.1) is 13.2 Å². The van der Waals surface area contributed by atoms with Crippen molar-refractivity contribution in [1.82, 2.24) is 25.7 Å². The fourth-order valence-electron chi connectivity index (χ4n) is 6.22. The summed E-state index contributed by atoms with van der Waals surface area (Å²) in [4.78, 5) is 32.3. The number of carbonyl (C=O) groups is 2. The number of hydrogen-bond donors (Lipinski definition) is 4. The molecule has 0 bridgehead atoms. The maximum absolute atomic E-state index is 13.4. The van der Waals surface area contributed by atoms with Crippen molar-refractivity contribution in [2.45, 2.75) is 64.0 Å². The van der Waals surface area contributed by atoms with E-state index in [1.807, 2.05) is 12.1 Å². The van der Waals surface area contributed by atoms with Gasteiger partial charge in [0.25, 0.3) is 0 Å². The highest BCUT2D eigenvalue weighted by Crippen LogP contribution is 2.50. The Hall–Kier alpha value is -3.82. The first-order valence-electron chi connectivity index (χ1n) is 14.6. The standard InChI is InChI=1S/C30H34F3N5O6S/c1-17-35-27(44-37-17)24-13-23(24)26(39)34-14-19-6-7-21(18-4-3-5-20(12-18)43-30(31,32)33)22-8-10-38(15-25(19)22)28(40)36-29(2)9-11-45(41,42)16-29/h3-7,12,23-24,41-42H,8-11,13-16H2,1-2H3,(H,34,39)(H,36,40)/t23-,24+,29?/m0/s1. The van der Waals surface area contributed by atoms with Crippen LogP contribution in [0.2, 0.25) is 0 Å². The average molecular weight is 650 g/mol. The molecule has 2 aromatic carbocycles. The van der Waals surface area contributed by atoms with Gasteiger partial charge in [0.2, 0.25) is 11.8 Å². The second-order valence-corrected chi connectivity index (χ2v) is 14.5. The van der Waals surface area contributed by atoms with Crippen LogP contribution in [0.25, 0.3) is 11.1 Å². The molecule has 3 atom stereocenters. The summed E-state index contributed by atoms with van der Waals surface area (Å²) in [6.45, 7) is 4.21. The Labute approximate surface area is 258 Å². The molecular formula is C30H34F3N5O6S. The molecule has 0 spiro atoms. The molecule has 3 heterocycles. The summed E-state index contributed by atoms with van der Waals surface area (Å²) < 4.78 is 68.4. The second kappa shape index (κ2) is 11.5. The Kier molecular flexibility index (Phi) is 7.98. The van der Waals surface area contributed by atoms with Gasteiger partial charge < -0.3 is 24.8 Å². The van der Waals surface area contributed by atoms with Crippen molar-refractivity contribution in [2.75, 3.05) is 18.1 Å². The van der Waals surface area contributed by atoms with Crippen molar-refractivity contribution in [3.05, 3.63) is 64.8 Å². The van der Waals surface area contributed by atoms with Crippen LogP contribution in [0.3, 0.4) is 0 Å². The number of alkyl halides is 3. The molecule has 4 N–H and O–H groups in total. The van der Waals surface area contributed by atoms with E-state index in [2.05, 4.69) is 25.5 Å². The summed E-state index contributed by atoms with van der Waals surface area (Å²) in [6, 6.07) is 9.03. The summed E-state index contributed by atoms with van der Waals surface area (Å²) in [5.74, 6) is 0.315. The highest BCUT2D eigenvalue weighted by Gasteiger charge is 2.47. The van der Waals surface area contributed by atoms with Crippen molar-refractivity contribution < 1.29 is 41.1 Å². The molecule has 1 saturated carbocycles. The van der Waals surface area contributed by atoms with Gasteiger partial charge in [-0.25, -0.2) is 4.79 Å². The van der Waals surface area contributed by atoms with Gasteiger partial charge in [0.15, 0.2) is 5.82 Å². The van der Waals surface area contributed by atoms with Crippen LogP contribution in [0.1, 0.15) is 54.1 Å². The zero-order chi connectivity index (χ0) is 32.1. The fraction of sp³-hybridized carbons (Fsp3) is 0.467. The quantitative estimate of drug-likeness (QED) is 0.268. The number of halogens is 3. The Morgan fingerprint density at radius 2 is 2.02 bits per heavy atom. The van der Waals surface area contributed by atoms with E-state index in [1.54, 1.807) is 24.8 Å². The van der Waals surface area contributed by atoms with Crippen molar-refractivity contribution in [1.29, 1.82) is 0 Å². The number of rotatable bonds is 7. The molecule has 3 aromatic rings. The molecule has 15 heteroatoms. The van der Waals surface area contributed by atoms with Crippen LogP contribution in [0.5, 0.6) is 5.75 Å². The van der Waals surface area contributed by atoms with Crippen molar-refractivity contribution in [3.8, 4) is 16.9 Å². The predicted octanol–water partition coefficient (Wildman–Crippen LogP) is 5.34. The van der Waals surface area contributed by atoms with Crippen LogP contribution >= 0.6 is 10.6 Å². The third-order valence-electron chi connectivity index (χ3n) is 8.55. The number of aromatic nitrogens is 2. The van der Waals surface area contributed by atoms with Gasteiger partial charge >= 0.3 is 12.4 Å². The minimum atomic E-state index is -4.83. The van der Waals surface area contributed by atoms with Crippen LogP contribution in [-0.4, -0.2) is 66.0 Å². The van der Waals surface area contributed by atoms with Gasteiger partial charge in [-0.2, -0.15) is 15.6 Å². The molecule has 242 valence electrons. The van der Waals surface area contributed by atoms with Crippen molar-refractivity contribution in [3.63, 3.8) is 0 Å². The lowest BCUT2D eigenvalue weighted by Gasteiger charge is -2.36. The Morgan fingerprint density at radius 1 is 1.22 bits per heavy atom. The van der Waals surface area contributed by atoms with E-state index in [-0.39, 0.29) is 54.1 Å². The van der Waals surface area contributed by atoms with E-state index in [4.69, 9.17) is 4.52 Å². The van der Waals surface area contributed by atoms with Gasteiger partial charge in [0.05, 0.1) is 23.1 Å². The molecule has 1 unspecified atom stereocenters. The molecule has 3 amide bonds. The molecule has 11 nitrogen and oxygen atoms in total. The van der Waals surface area contributed by atoms with E-state index < -0.39 is 22.5 Å². The van der Waals surface area contributed by atoms with Gasteiger partial charge in [-0.05, 0) is 73.1 Å². The molecule has 3 aliphatic rings. The number of benzene rings is 2. The number of amides is 3. The topological polar surface area (TPSA) is 150 Å². The van der Waals surface area contributed by atoms with Crippen molar-refractivity contribution >= 4 is 22.5 Å².